The minimum Gasteiger partial charge on any atom is -0.481 e. The van der Waals surface area contributed by atoms with Gasteiger partial charge in [-0.3, -0.25) is 4.79 Å². The highest BCUT2D eigenvalue weighted by molar-refractivity contribution is 7.90. The van der Waals surface area contributed by atoms with Gasteiger partial charge in [-0.2, -0.15) is 5.10 Å². The molecule has 2 heterocycles. The van der Waals surface area contributed by atoms with E-state index < -0.39 is 20.8 Å². The van der Waals surface area contributed by atoms with Crippen LogP contribution in [-0.4, -0.2) is 50.1 Å². The number of pyridine rings is 1. The number of likely N-dealkylation sites (tertiary alicyclic amines) is 1. The Balaban J connectivity index is 1.55. The van der Waals surface area contributed by atoms with E-state index in [0.717, 1.165) is 11.1 Å². The molecule has 1 unspecified atom stereocenters. The summed E-state index contributed by atoms with van der Waals surface area (Å²) in [5.74, 6) is 5.28. The van der Waals surface area contributed by atoms with E-state index in [1.807, 2.05) is 24.3 Å². The monoisotopic (exact) mass is 481 g/mol. The van der Waals surface area contributed by atoms with Crippen LogP contribution in [0.3, 0.4) is 0 Å². The maximum atomic E-state index is 13.7. The van der Waals surface area contributed by atoms with Crippen molar-refractivity contribution in [2.75, 3.05) is 13.7 Å². The Labute approximate surface area is 199 Å². The number of sulfonamides is 1. The molecule has 2 aromatic rings. The lowest BCUT2D eigenvalue weighted by molar-refractivity contribution is -0.129. The van der Waals surface area contributed by atoms with Crippen LogP contribution in [0.4, 0.5) is 0 Å². The normalized spacial score (nSPS) is 22.6. The molecule has 0 saturated carbocycles. The first-order valence-corrected chi connectivity index (χ1v) is 12.4. The fourth-order valence-corrected chi connectivity index (χ4v) is 6.03. The molecule has 34 heavy (non-hydrogen) atoms. The average molecular weight is 482 g/mol. The summed E-state index contributed by atoms with van der Waals surface area (Å²) in [5.41, 5.74) is 2.07. The molecule has 2 aliphatic rings. The molecule has 1 saturated heterocycles. The minimum atomic E-state index is -4.03. The summed E-state index contributed by atoms with van der Waals surface area (Å²) in [6.45, 7) is 0.815. The van der Waals surface area contributed by atoms with Crippen molar-refractivity contribution in [1.82, 2.24) is 14.6 Å². The number of nitrogens with one attached hydrogen (secondary N) is 1. The number of hydrazone groups is 1. The van der Waals surface area contributed by atoms with Gasteiger partial charge in [0.1, 0.15) is 10.8 Å². The van der Waals surface area contributed by atoms with E-state index in [1.54, 1.807) is 47.4 Å². The molecule has 0 radical (unpaired) electrons. The van der Waals surface area contributed by atoms with Gasteiger partial charge in [-0.15, -0.1) is 0 Å². The van der Waals surface area contributed by atoms with Gasteiger partial charge in [0.2, 0.25) is 21.8 Å². The van der Waals surface area contributed by atoms with E-state index in [0.29, 0.717) is 31.1 Å². The molecular formula is C24H27N5O4S. The number of carbonyl (C=O) groups excluding carboxylic acids is 1. The third-order valence-electron chi connectivity index (χ3n) is 6.02. The quantitative estimate of drug-likeness (QED) is 0.336. The second-order valence-corrected chi connectivity index (χ2v) is 10.2. The van der Waals surface area contributed by atoms with Gasteiger partial charge in [0.25, 0.3) is 0 Å². The van der Waals surface area contributed by atoms with Crippen molar-refractivity contribution < 1.29 is 17.9 Å². The summed E-state index contributed by atoms with van der Waals surface area (Å²) >= 11 is 0. The number of aromatic nitrogens is 1. The van der Waals surface area contributed by atoms with E-state index >= 15 is 0 Å². The van der Waals surface area contributed by atoms with Crippen LogP contribution in [0.15, 0.2) is 71.9 Å². The topological polar surface area (TPSA) is 127 Å². The maximum absolute atomic E-state index is 13.7. The first-order chi connectivity index (χ1) is 16.4. The molecule has 0 spiro atoms. The predicted molar refractivity (Wildman–Crippen MR) is 129 cm³/mol. The molecule has 3 N–H and O–H groups in total. The zero-order valence-electron chi connectivity index (χ0n) is 18.8. The van der Waals surface area contributed by atoms with Gasteiger partial charge in [0.15, 0.2) is 0 Å². The highest BCUT2D eigenvalue weighted by atomic mass is 32.2. The fraction of sp³-hybridized carbons (Fsp3) is 0.292. The van der Waals surface area contributed by atoms with Gasteiger partial charge in [0, 0.05) is 19.2 Å². The van der Waals surface area contributed by atoms with Crippen LogP contribution >= 0.6 is 0 Å². The van der Waals surface area contributed by atoms with Crippen LogP contribution in [0.1, 0.15) is 29.7 Å². The minimum absolute atomic E-state index is 0.194. The zero-order valence-corrected chi connectivity index (χ0v) is 19.6. The van der Waals surface area contributed by atoms with Crippen LogP contribution in [0.2, 0.25) is 0 Å². The first-order valence-electron chi connectivity index (χ1n) is 10.9. The summed E-state index contributed by atoms with van der Waals surface area (Å²) in [6, 6.07) is 11.7. The van der Waals surface area contributed by atoms with Crippen molar-refractivity contribution in [1.29, 1.82) is 0 Å². The second-order valence-electron chi connectivity index (χ2n) is 8.19. The number of carbonyl (C=O) groups is 1. The number of ether oxygens (including phenoxy) is 1. The molecule has 1 aliphatic carbocycles. The lowest BCUT2D eigenvalue weighted by Gasteiger charge is -2.31. The Morgan fingerprint density at radius 1 is 1.29 bits per heavy atom. The van der Waals surface area contributed by atoms with E-state index in [-0.39, 0.29) is 12.3 Å². The van der Waals surface area contributed by atoms with E-state index in [9.17, 15) is 13.2 Å². The highest BCUT2D eigenvalue weighted by Gasteiger charge is 2.47. The lowest BCUT2D eigenvalue weighted by atomic mass is 9.95. The molecule has 2 atom stereocenters. The molecule has 10 heteroatoms. The van der Waals surface area contributed by atoms with Gasteiger partial charge < -0.3 is 15.5 Å². The average Bonchev–Trinajstić information content (AvgIpc) is 3.18. The number of amides is 1. The SMILES string of the molecule is COc1cccc(C2(S(=O)(=O)N[C@H]3CCN(Cc4cccc(C=NN)c4)C3=O)C=CC=CC2)n1. The zero-order chi connectivity index (χ0) is 24.2. The number of methoxy groups -OCH3 is 1. The Hall–Kier alpha value is -3.50. The highest BCUT2D eigenvalue weighted by Crippen LogP contribution is 2.38. The van der Waals surface area contributed by atoms with Crippen molar-refractivity contribution in [3.05, 3.63) is 83.6 Å². The van der Waals surface area contributed by atoms with E-state index in [2.05, 4.69) is 14.8 Å². The first kappa shape index (κ1) is 23.7. The Bertz CT molecular complexity index is 1260. The number of hydrogen-bond donors (Lipinski definition) is 2. The number of hydrogen-bond acceptors (Lipinski definition) is 7. The summed E-state index contributed by atoms with van der Waals surface area (Å²) in [7, 11) is -2.56. The molecule has 1 aliphatic heterocycles. The van der Waals surface area contributed by atoms with Gasteiger partial charge in [-0.25, -0.2) is 18.1 Å². The molecule has 0 bridgehead atoms. The molecule has 4 rings (SSSR count). The molecular weight excluding hydrogens is 454 g/mol. The number of rotatable bonds is 8. The van der Waals surface area contributed by atoms with Gasteiger partial charge in [-0.1, -0.05) is 48.6 Å². The molecule has 9 nitrogen and oxygen atoms in total. The Morgan fingerprint density at radius 3 is 2.85 bits per heavy atom. The van der Waals surface area contributed by atoms with Crippen molar-refractivity contribution in [3.8, 4) is 5.88 Å². The Morgan fingerprint density at radius 2 is 2.12 bits per heavy atom. The van der Waals surface area contributed by atoms with Crippen LogP contribution < -0.4 is 15.3 Å². The smallest absolute Gasteiger partial charge is 0.241 e. The number of nitrogens with zero attached hydrogens (tertiary/aromatic N) is 3. The fourth-order valence-electron chi connectivity index (χ4n) is 4.27. The lowest BCUT2D eigenvalue weighted by Crippen LogP contribution is -2.49. The van der Waals surface area contributed by atoms with Gasteiger partial charge in [0.05, 0.1) is 19.0 Å². The molecule has 1 aromatic carbocycles. The third-order valence-corrected chi connectivity index (χ3v) is 8.09. The van der Waals surface area contributed by atoms with Crippen molar-refractivity contribution in [2.24, 2.45) is 10.9 Å². The van der Waals surface area contributed by atoms with Crippen LogP contribution in [-0.2, 0) is 26.1 Å². The summed E-state index contributed by atoms with van der Waals surface area (Å²) in [5, 5.41) is 3.53. The number of nitrogens with two attached hydrogens (primary N) is 1. The largest absolute Gasteiger partial charge is 0.481 e. The van der Waals surface area contributed by atoms with Crippen molar-refractivity contribution >= 4 is 22.1 Å². The Kier molecular flexibility index (Phi) is 6.80. The summed E-state index contributed by atoms with van der Waals surface area (Å²) in [6.07, 6.45) is 8.97. The molecule has 178 valence electrons. The number of allylic oxidation sites excluding steroid dienone is 3. The van der Waals surface area contributed by atoms with Crippen molar-refractivity contribution in [3.63, 3.8) is 0 Å². The predicted octanol–water partition coefficient (Wildman–Crippen LogP) is 1.81. The molecule has 1 amide bonds. The van der Waals surface area contributed by atoms with Crippen LogP contribution in [0.25, 0.3) is 0 Å². The third kappa shape index (κ3) is 4.59. The van der Waals surface area contributed by atoms with E-state index in [4.69, 9.17) is 10.6 Å². The standard InChI is InChI=1S/C24H27N5O4S/c1-33-22-10-6-9-21(27-22)24(12-3-2-4-13-24)34(31,32)28-20-11-14-29(23(20)30)17-19-8-5-7-18(15-19)16-26-25/h2-10,12,15-16,20,28H,11,13-14,17,25H2,1H3/t20-,24?/m0/s1. The summed E-state index contributed by atoms with van der Waals surface area (Å²) < 4.78 is 33.9. The summed E-state index contributed by atoms with van der Waals surface area (Å²) in [4.78, 5) is 19.2. The van der Waals surface area contributed by atoms with Gasteiger partial charge >= 0.3 is 0 Å². The second kappa shape index (κ2) is 9.78. The number of benzene rings is 1. The molecule has 1 fully saturated rings. The molecule has 1 aromatic heterocycles. The van der Waals surface area contributed by atoms with Gasteiger partial charge in [-0.05, 0) is 36.1 Å². The van der Waals surface area contributed by atoms with Crippen molar-refractivity contribution in [2.45, 2.75) is 30.2 Å². The maximum Gasteiger partial charge on any atom is 0.241 e. The van der Waals surface area contributed by atoms with E-state index in [1.165, 1.54) is 13.3 Å². The van der Waals surface area contributed by atoms with Crippen LogP contribution in [0.5, 0.6) is 5.88 Å². The van der Waals surface area contributed by atoms with Crippen LogP contribution in [0, 0.1) is 0 Å².